The van der Waals surface area contributed by atoms with Crippen LogP contribution in [-0.2, 0) is 11.2 Å². The summed E-state index contributed by atoms with van der Waals surface area (Å²) in [6.45, 7) is 1.62. The largest absolute Gasteiger partial charge is 0.300 e. The molecule has 2 nitrogen and oxygen atoms in total. The molecule has 0 aromatic carbocycles. The number of aryl methyl sites for hydroxylation is 1. The number of ketones is 1. The van der Waals surface area contributed by atoms with Gasteiger partial charge in [-0.2, -0.15) is 0 Å². The van der Waals surface area contributed by atoms with E-state index >= 15 is 0 Å². The van der Waals surface area contributed by atoms with E-state index in [0.717, 1.165) is 25.8 Å². The molecule has 0 saturated carbocycles. The summed E-state index contributed by atoms with van der Waals surface area (Å²) < 4.78 is 1.11. The molecule has 0 unspecified atom stereocenters. The van der Waals surface area contributed by atoms with Gasteiger partial charge in [0.2, 0.25) is 0 Å². The lowest BCUT2D eigenvalue weighted by molar-refractivity contribution is -0.116. The smallest absolute Gasteiger partial charge is 0.130 e. The van der Waals surface area contributed by atoms with Gasteiger partial charge >= 0.3 is 0 Å². The number of carbonyl (C=O) groups is 1. The van der Waals surface area contributed by atoms with Crippen molar-refractivity contribution in [2.24, 2.45) is 0 Å². The Hall–Kier alpha value is -0.520. The molecule has 2 aromatic rings. The van der Waals surface area contributed by atoms with Gasteiger partial charge in [0.05, 0.1) is 19.4 Å². The molecular formula is C11H10BrNOS2. The standard InChI is InChI=1S/C11H10BrNOS2/c1-7(14)2-5-11-13-8(6-15-11)9-3-4-10(12)16-9/h3-4,6H,2,5H2,1H3. The van der Waals surface area contributed by atoms with Crippen molar-refractivity contribution in [3.8, 4) is 10.6 Å². The Morgan fingerprint density at radius 1 is 1.50 bits per heavy atom. The van der Waals surface area contributed by atoms with E-state index in [-0.39, 0.29) is 5.78 Å². The van der Waals surface area contributed by atoms with Gasteiger partial charge in [0.1, 0.15) is 5.78 Å². The highest BCUT2D eigenvalue weighted by Gasteiger charge is 2.07. The molecule has 0 aliphatic carbocycles. The van der Waals surface area contributed by atoms with Crippen LogP contribution in [0.25, 0.3) is 10.6 Å². The third kappa shape index (κ3) is 2.99. The van der Waals surface area contributed by atoms with E-state index in [2.05, 4.69) is 27.0 Å². The Labute approximate surface area is 110 Å². The van der Waals surface area contributed by atoms with Gasteiger partial charge in [-0.1, -0.05) is 0 Å². The molecule has 0 aliphatic heterocycles. The predicted molar refractivity (Wildman–Crippen MR) is 72.1 cm³/mol. The van der Waals surface area contributed by atoms with Crippen molar-refractivity contribution >= 4 is 44.4 Å². The van der Waals surface area contributed by atoms with Crippen molar-refractivity contribution in [3.63, 3.8) is 0 Å². The Balaban J connectivity index is 2.10. The molecule has 2 aromatic heterocycles. The van der Waals surface area contributed by atoms with Gasteiger partial charge in [-0.15, -0.1) is 22.7 Å². The zero-order valence-corrected chi connectivity index (χ0v) is 11.9. The maximum atomic E-state index is 10.9. The van der Waals surface area contributed by atoms with E-state index in [1.165, 1.54) is 0 Å². The van der Waals surface area contributed by atoms with Crippen molar-refractivity contribution < 1.29 is 4.79 Å². The second-order valence-corrected chi connectivity index (χ2v) is 6.84. The lowest BCUT2D eigenvalue weighted by Crippen LogP contribution is -1.93. The van der Waals surface area contributed by atoms with Crippen LogP contribution < -0.4 is 0 Å². The molecule has 2 rings (SSSR count). The monoisotopic (exact) mass is 315 g/mol. The fourth-order valence-electron chi connectivity index (χ4n) is 1.27. The summed E-state index contributed by atoms with van der Waals surface area (Å²) in [4.78, 5) is 16.6. The van der Waals surface area contributed by atoms with E-state index in [4.69, 9.17) is 0 Å². The molecule has 84 valence electrons. The molecule has 0 radical (unpaired) electrons. The highest BCUT2D eigenvalue weighted by atomic mass is 79.9. The van der Waals surface area contributed by atoms with Crippen molar-refractivity contribution in [2.45, 2.75) is 19.8 Å². The van der Waals surface area contributed by atoms with Gasteiger partial charge in [0, 0.05) is 18.2 Å². The van der Waals surface area contributed by atoms with Gasteiger partial charge in [-0.05, 0) is 35.0 Å². The number of rotatable bonds is 4. The molecule has 16 heavy (non-hydrogen) atoms. The topological polar surface area (TPSA) is 30.0 Å². The maximum Gasteiger partial charge on any atom is 0.130 e. The minimum absolute atomic E-state index is 0.218. The number of aromatic nitrogens is 1. The SMILES string of the molecule is CC(=O)CCc1nc(-c2ccc(Br)s2)cs1. The molecular weight excluding hydrogens is 306 g/mol. The van der Waals surface area contributed by atoms with E-state index in [0.29, 0.717) is 6.42 Å². The van der Waals surface area contributed by atoms with Crippen molar-refractivity contribution in [1.82, 2.24) is 4.98 Å². The normalized spacial score (nSPS) is 10.6. The van der Waals surface area contributed by atoms with Crippen LogP contribution in [0.4, 0.5) is 0 Å². The summed E-state index contributed by atoms with van der Waals surface area (Å²) in [5.74, 6) is 0.218. The van der Waals surface area contributed by atoms with Crippen LogP contribution in [0.2, 0.25) is 0 Å². The van der Waals surface area contributed by atoms with Crippen LogP contribution in [-0.4, -0.2) is 10.8 Å². The molecule has 0 spiro atoms. The summed E-state index contributed by atoms with van der Waals surface area (Å²) in [5.41, 5.74) is 1.01. The third-order valence-corrected chi connectivity index (χ3v) is 4.62. The minimum atomic E-state index is 0.218. The minimum Gasteiger partial charge on any atom is -0.300 e. The van der Waals surface area contributed by atoms with Gasteiger partial charge in [0.15, 0.2) is 0 Å². The molecule has 0 N–H and O–H groups in total. The summed E-state index contributed by atoms with van der Waals surface area (Å²) in [6.07, 6.45) is 1.34. The summed E-state index contributed by atoms with van der Waals surface area (Å²) in [7, 11) is 0. The number of hydrogen-bond donors (Lipinski definition) is 0. The highest BCUT2D eigenvalue weighted by molar-refractivity contribution is 9.11. The first-order valence-electron chi connectivity index (χ1n) is 4.84. The number of halogens is 1. The fourth-order valence-corrected chi connectivity index (χ4v) is 3.49. The molecule has 0 aliphatic rings. The molecule has 5 heteroatoms. The third-order valence-electron chi connectivity index (χ3n) is 2.07. The average molecular weight is 316 g/mol. The van der Waals surface area contributed by atoms with Crippen molar-refractivity contribution in [2.75, 3.05) is 0 Å². The van der Waals surface area contributed by atoms with Crippen molar-refractivity contribution in [1.29, 1.82) is 0 Å². The Bertz CT molecular complexity index is 504. The molecule has 0 atom stereocenters. The summed E-state index contributed by atoms with van der Waals surface area (Å²) >= 11 is 6.73. The predicted octanol–water partition coefficient (Wildman–Crippen LogP) is 4.16. The lowest BCUT2D eigenvalue weighted by atomic mass is 10.2. The quantitative estimate of drug-likeness (QED) is 0.848. The second kappa shape index (κ2) is 5.21. The van der Waals surface area contributed by atoms with Gasteiger partial charge in [-0.3, -0.25) is 0 Å². The number of hydrogen-bond acceptors (Lipinski definition) is 4. The Morgan fingerprint density at radius 2 is 2.31 bits per heavy atom. The van der Waals surface area contributed by atoms with Gasteiger partial charge < -0.3 is 4.79 Å². The van der Waals surface area contributed by atoms with E-state index in [1.807, 2.05) is 11.4 Å². The summed E-state index contributed by atoms with van der Waals surface area (Å²) in [5, 5.41) is 3.09. The number of thiophene rings is 1. The van der Waals surface area contributed by atoms with Crippen molar-refractivity contribution in [3.05, 3.63) is 26.3 Å². The van der Waals surface area contributed by atoms with Gasteiger partial charge in [-0.25, -0.2) is 4.98 Å². The number of Topliss-reactive ketones (excluding diaryl/α,β-unsaturated/α-hetero) is 1. The maximum absolute atomic E-state index is 10.9. The van der Waals surface area contributed by atoms with E-state index in [1.54, 1.807) is 29.6 Å². The highest BCUT2D eigenvalue weighted by Crippen LogP contribution is 2.31. The lowest BCUT2D eigenvalue weighted by Gasteiger charge is -1.91. The molecule has 0 fully saturated rings. The first kappa shape index (κ1) is 12.0. The number of nitrogens with zero attached hydrogens (tertiary/aromatic N) is 1. The van der Waals surface area contributed by atoms with Crippen LogP contribution >= 0.6 is 38.6 Å². The summed E-state index contributed by atoms with van der Waals surface area (Å²) in [6, 6.07) is 4.08. The average Bonchev–Trinajstić information content (AvgIpc) is 2.83. The molecule has 0 saturated heterocycles. The van der Waals surface area contributed by atoms with Crippen LogP contribution in [0.5, 0.6) is 0 Å². The first-order chi connectivity index (χ1) is 7.65. The number of carbonyl (C=O) groups excluding carboxylic acids is 1. The molecule has 0 bridgehead atoms. The second-order valence-electron chi connectivity index (χ2n) is 3.43. The van der Waals surface area contributed by atoms with Crippen LogP contribution in [0.15, 0.2) is 21.3 Å². The zero-order valence-electron chi connectivity index (χ0n) is 8.70. The van der Waals surface area contributed by atoms with Crippen LogP contribution in [0, 0.1) is 0 Å². The number of thiazole rings is 1. The van der Waals surface area contributed by atoms with Gasteiger partial charge in [0.25, 0.3) is 0 Å². The molecule has 2 heterocycles. The first-order valence-corrected chi connectivity index (χ1v) is 7.33. The zero-order chi connectivity index (χ0) is 11.5. The molecule has 0 amide bonds. The Kier molecular flexibility index (Phi) is 3.89. The Morgan fingerprint density at radius 3 is 2.94 bits per heavy atom. The van der Waals surface area contributed by atoms with E-state index < -0.39 is 0 Å². The van der Waals surface area contributed by atoms with Crippen LogP contribution in [0.1, 0.15) is 18.4 Å². The van der Waals surface area contributed by atoms with Crippen LogP contribution in [0.3, 0.4) is 0 Å². The fraction of sp³-hybridized carbons (Fsp3) is 0.273. The van der Waals surface area contributed by atoms with E-state index in [9.17, 15) is 4.79 Å².